The van der Waals surface area contributed by atoms with Gasteiger partial charge in [0.25, 0.3) is 0 Å². The number of benzene rings is 1. The molecule has 1 aromatic rings. The lowest BCUT2D eigenvalue weighted by atomic mass is 10.0. The van der Waals surface area contributed by atoms with Gasteiger partial charge in [0, 0.05) is 18.7 Å². The third kappa shape index (κ3) is 2.85. The maximum Gasteiger partial charge on any atom is 0.123 e. The molecule has 1 aliphatic carbocycles. The summed E-state index contributed by atoms with van der Waals surface area (Å²) in [6.07, 6.45) is 2.53. The van der Waals surface area contributed by atoms with Crippen molar-refractivity contribution < 1.29 is 4.74 Å². The molecule has 0 unspecified atom stereocenters. The van der Waals surface area contributed by atoms with E-state index in [9.17, 15) is 0 Å². The van der Waals surface area contributed by atoms with E-state index in [4.69, 9.17) is 10.5 Å². The maximum absolute atomic E-state index is 5.79. The van der Waals surface area contributed by atoms with Crippen molar-refractivity contribution in [1.82, 2.24) is 5.32 Å². The average Bonchev–Trinajstić information content (AvgIpc) is 3.12. The molecular weight excluding hydrogens is 224 g/mol. The second-order valence-corrected chi connectivity index (χ2v) is 5.57. The minimum atomic E-state index is 0.381. The summed E-state index contributed by atoms with van der Waals surface area (Å²) in [5.74, 6) is 0.984. The minimum Gasteiger partial charge on any atom is -0.496 e. The molecular formula is C15H24N2O. The molecule has 2 rings (SSSR count). The summed E-state index contributed by atoms with van der Waals surface area (Å²) in [5.41, 5.74) is 9.96. The highest BCUT2D eigenvalue weighted by Gasteiger charge is 2.40. The van der Waals surface area contributed by atoms with Gasteiger partial charge in [-0.05, 0) is 55.8 Å². The summed E-state index contributed by atoms with van der Waals surface area (Å²) in [4.78, 5) is 0. The molecule has 3 heteroatoms. The van der Waals surface area contributed by atoms with E-state index in [1.807, 2.05) is 0 Å². The van der Waals surface area contributed by atoms with Gasteiger partial charge in [-0.15, -0.1) is 0 Å². The van der Waals surface area contributed by atoms with Crippen molar-refractivity contribution in [3.8, 4) is 5.75 Å². The molecule has 18 heavy (non-hydrogen) atoms. The highest BCUT2D eigenvalue weighted by Crippen LogP contribution is 2.43. The molecule has 1 saturated carbocycles. The third-order valence-electron chi connectivity index (χ3n) is 3.99. The molecule has 3 N–H and O–H groups in total. The van der Waals surface area contributed by atoms with Crippen LogP contribution in [0.3, 0.4) is 0 Å². The fourth-order valence-electron chi connectivity index (χ4n) is 2.45. The van der Waals surface area contributed by atoms with Gasteiger partial charge in [0.1, 0.15) is 5.75 Å². The average molecular weight is 248 g/mol. The maximum atomic E-state index is 5.79. The Hall–Kier alpha value is -1.06. The van der Waals surface area contributed by atoms with Crippen LogP contribution >= 0.6 is 0 Å². The van der Waals surface area contributed by atoms with Crippen molar-refractivity contribution in [2.24, 2.45) is 11.1 Å². The summed E-state index contributed by atoms with van der Waals surface area (Å²) < 4.78 is 5.47. The Kier molecular flexibility index (Phi) is 3.93. The SMILES string of the molecule is COc1cc(C)cc(C)c1CNCC1(CN)CC1. The first-order chi connectivity index (χ1) is 8.60. The molecule has 1 aromatic carbocycles. The Labute approximate surface area is 110 Å². The number of nitrogens with one attached hydrogen (secondary N) is 1. The predicted octanol–water partition coefficient (Wildman–Crippen LogP) is 2.14. The summed E-state index contributed by atoms with van der Waals surface area (Å²) in [5, 5.41) is 3.53. The largest absolute Gasteiger partial charge is 0.496 e. The van der Waals surface area contributed by atoms with Crippen molar-refractivity contribution in [1.29, 1.82) is 0 Å². The Morgan fingerprint density at radius 3 is 2.61 bits per heavy atom. The number of hydrogen-bond donors (Lipinski definition) is 2. The molecule has 0 amide bonds. The second kappa shape index (κ2) is 5.29. The molecule has 0 aromatic heterocycles. The van der Waals surface area contributed by atoms with Crippen LogP contribution in [0, 0.1) is 19.3 Å². The number of methoxy groups -OCH3 is 1. The smallest absolute Gasteiger partial charge is 0.123 e. The summed E-state index contributed by atoms with van der Waals surface area (Å²) in [6.45, 7) is 6.91. The van der Waals surface area contributed by atoms with Crippen LogP contribution in [0.1, 0.15) is 29.5 Å². The molecule has 0 bridgehead atoms. The lowest BCUT2D eigenvalue weighted by molar-refractivity contribution is 0.403. The van der Waals surface area contributed by atoms with Crippen LogP contribution in [0.2, 0.25) is 0 Å². The number of aryl methyl sites for hydroxylation is 2. The third-order valence-corrected chi connectivity index (χ3v) is 3.99. The molecule has 0 aliphatic heterocycles. The Bertz CT molecular complexity index is 425. The van der Waals surface area contributed by atoms with E-state index < -0.39 is 0 Å². The summed E-state index contributed by atoms with van der Waals surface area (Å²) >= 11 is 0. The van der Waals surface area contributed by atoms with Gasteiger partial charge in [-0.3, -0.25) is 0 Å². The standard InChI is InChI=1S/C15H24N2O/c1-11-6-12(2)13(14(7-11)18-3)8-17-10-15(9-16)4-5-15/h6-7,17H,4-5,8-10,16H2,1-3H3. The van der Waals surface area contributed by atoms with E-state index in [1.54, 1.807) is 7.11 Å². The van der Waals surface area contributed by atoms with E-state index in [-0.39, 0.29) is 0 Å². The summed E-state index contributed by atoms with van der Waals surface area (Å²) in [7, 11) is 1.74. The van der Waals surface area contributed by atoms with Crippen LogP contribution in [0.5, 0.6) is 5.75 Å². The van der Waals surface area contributed by atoms with Crippen molar-refractivity contribution >= 4 is 0 Å². The number of rotatable bonds is 6. The zero-order chi connectivity index (χ0) is 13.2. The normalized spacial score (nSPS) is 16.7. The number of ether oxygens (including phenoxy) is 1. The quantitative estimate of drug-likeness (QED) is 0.811. The zero-order valence-electron chi connectivity index (χ0n) is 11.7. The highest BCUT2D eigenvalue weighted by molar-refractivity contribution is 5.42. The van der Waals surface area contributed by atoms with E-state index in [1.165, 1.54) is 29.5 Å². The number of nitrogens with two attached hydrogens (primary N) is 1. The monoisotopic (exact) mass is 248 g/mol. The van der Waals surface area contributed by atoms with Gasteiger partial charge >= 0.3 is 0 Å². The van der Waals surface area contributed by atoms with Crippen LogP contribution in [0.4, 0.5) is 0 Å². The lowest BCUT2D eigenvalue weighted by Crippen LogP contribution is -2.29. The first-order valence-corrected chi connectivity index (χ1v) is 6.65. The molecule has 0 heterocycles. The molecule has 1 fully saturated rings. The van der Waals surface area contributed by atoms with Gasteiger partial charge < -0.3 is 15.8 Å². The van der Waals surface area contributed by atoms with E-state index in [2.05, 4.69) is 31.3 Å². The van der Waals surface area contributed by atoms with Gasteiger partial charge in [-0.2, -0.15) is 0 Å². The zero-order valence-corrected chi connectivity index (χ0v) is 11.7. The van der Waals surface area contributed by atoms with Crippen LogP contribution in [-0.2, 0) is 6.54 Å². The molecule has 0 saturated heterocycles. The first kappa shape index (κ1) is 13.4. The van der Waals surface area contributed by atoms with E-state index >= 15 is 0 Å². The van der Waals surface area contributed by atoms with Crippen molar-refractivity contribution in [2.45, 2.75) is 33.2 Å². The molecule has 1 aliphatic rings. The summed E-state index contributed by atoms with van der Waals surface area (Å²) in [6, 6.07) is 4.30. The van der Waals surface area contributed by atoms with Gasteiger partial charge in [0.15, 0.2) is 0 Å². The molecule has 100 valence electrons. The molecule has 0 radical (unpaired) electrons. The first-order valence-electron chi connectivity index (χ1n) is 6.65. The fraction of sp³-hybridized carbons (Fsp3) is 0.600. The van der Waals surface area contributed by atoms with Gasteiger partial charge in [-0.1, -0.05) is 6.07 Å². The van der Waals surface area contributed by atoms with Crippen LogP contribution in [0.15, 0.2) is 12.1 Å². The predicted molar refractivity (Wildman–Crippen MR) is 74.9 cm³/mol. The minimum absolute atomic E-state index is 0.381. The second-order valence-electron chi connectivity index (χ2n) is 5.57. The van der Waals surface area contributed by atoms with Crippen LogP contribution < -0.4 is 15.8 Å². The van der Waals surface area contributed by atoms with Crippen molar-refractivity contribution in [3.05, 3.63) is 28.8 Å². The van der Waals surface area contributed by atoms with Crippen LogP contribution in [-0.4, -0.2) is 20.2 Å². The Morgan fingerprint density at radius 2 is 2.06 bits per heavy atom. The van der Waals surface area contributed by atoms with Gasteiger partial charge in [0.05, 0.1) is 7.11 Å². The molecule has 0 spiro atoms. The molecule has 3 nitrogen and oxygen atoms in total. The van der Waals surface area contributed by atoms with Gasteiger partial charge in [-0.25, -0.2) is 0 Å². The lowest BCUT2D eigenvalue weighted by Gasteiger charge is -2.17. The van der Waals surface area contributed by atoms with E-state index in [0.717, 1.165) is 25.4 Å². The van der Waals surface area contributed by atoms with Crippen molar-refractivity contribution in [2.75, 3.05) is 20.2 Å². The topological polar surface area (TPSA) is 47.3 Å². The fourth-order valence-corrected chi connectivity index (χ4v) is 2.45. The van der Waals surface area contributed by atoms with Gasteiger partial charge in [0.2, 0.25) is 0 Å². The molecule has 0 atom stereocenters. The van der Waals surface area contributed by atoms with Crippen LogP contribution in [0.25, 0.3) is 0 Å². The Balaban J connectivity index is 2.00. The van der Waals surface area contributed by atoms with E-state index in [0.29, 0.717) is 5.41 Å². The van der Waals surface area contributed by atoms with Crippen molar-refractivity contribution in [3.63, 3.8) is 0 Å². The number of hydrogen-bond acceptors (Lipinski definition) is 3. The highest BCUT2D eigenvalue weighted by atomic mass is 16.5. The Morgan fingerprint density at radius 1 is 1.33 bits per heavy atom.